The molecule has 4 rings (SSSR count). The minimum absolute atomic E-state index is 0.00444. The van der Waals surface area contributed by atoms with E-state index in [0.717, 1.165) is 11.3 Å². The molecule has 0 radical (unpaired) electrons. The van der Waals surface area contributed by atoms with Gasteiger partial charge in [-0.2, -0.15) is 0 Å². The molecule has 1 unspecified atom stereocenters. The normalized spacial score (nSPS) is 15.7. The van der Waals surface area contributed by atoms with Crippen molar-refractivity contribution in [2.45, 2.75) is 26.8 Å². The number of furan rings is 1. The van der Waals surface area contributed by atoms with E-state index < -0.39 is 29.5 Å². The maximum Gasteiger partial charge on any atom is 0.350 e. The number of rotatable bonds is 7. The molecule has 34 heavy (non-hydrogen) atoms. The molecule has 0 saturated heterocycles. The van der Waals surface area contributed by atoms with Gasteiger partial charge in [0, 0.05) is 0 Å². The predicted octanol–water partition coefficient (Wildman–Crippen LogP) is 4.32. The Balaban J connectivity index is 1.85. The number of thiazole rings is 1. The first-order chi connectivity index (χ1) is 16.3. The number of anilines is 1. The maximum absolute atomic E-state index is 13.4. The molecular formula is C24H22N2O7S. The highest BCUT2D eigenvalue weighted by Gasteiger charge is 2.46. The van der Waals surface area contributed by atoms with Gasteiger partial charge in [-0.25, -0.2) is 9.78 Å². The molecule has 0 spiro atoms. The molecule has 3 aromatic rings. The van der Waals surface area contributed by atoms with E-state index in [1.807, 2.05) is 6.92 Å². The Bertz CT molecular complexity index is 1300. The van der Waals surface area contributed by atoms with Crippen molar-refractivity contribution in [1.82, 2.24) is 4.98 Å². The fourth-order valence-electron chi connectivity index (χ4n) is 3.72. The number of esters is 1. The first kappa shape index (κ1) is 23.2. The van der Waals surface area contributed by atoms with Crippen LogP contribution in [0.5, 0.6) is 5.75 Å². The Morgan fingerprint density at radius 2 is 1.88 bits per heavy atom. The molecule has 1 aliphatic heterocycles. The second-order valence-corrected chi connectivity index (χ2v) is 8.46. The number of aliphatic hydroxyl groups excluding tert-OH is 1. The SMILES string of the molecule is CCOc1ccc(C2C(C(=O)c3ccc(C)o3)=C(O)C(=O)N2c2nc(C)c(C(=O)OC)s2)cc1. The quantitative estimate of drug-likeness (QED) is 0.391. The van der Waals surface area contributed by atoms with Crippen molar-refractivity contribution < 1.29 is 33.4 Å². The molecule has 0 bridgehead atoms. The van der Waals surface area contributed by atoms with Crippen LogP contribution >= 0.6 is 11.3 Å². The Hall–Kier alpha value is -3.92. The number of nitrogens with zero attached hydrogens (tertiary/aromatic N) is 2. The van der Waals surface area contributed by atoms with Gasteiger partial charge in [-0.05, 0) is 50.6 Å². The van der Waals surface area contributed by atoms with Crippen LogP contribution in [0.25, 0.3) is 0 Å². The zero-order valence-electron chi connectivity index (χ0n) is 18.9. The molecule has 1 atom stereocenters. The smallest absolute Gasteiger partial charge is 0.350 e. The van der Waals surface area contributed by atoms with Gasteiger partial charge in [-0.15, -0.1) is 0 Å². The lowest BCUT2D eigenvalue weighted by atomic mass is 9.95. The van der Waals surface area contributed by atoms with E-state index in [-0.39, 0.29) is 21.3 Å². The second-order valence-electron chi connectivity index (χ2n) is 7.48. The molecular weight excluding hydrogens is 460 g/mol. The zero-order chi connectivity index (χ0) is 24.6. The van der Waals surface area contributed by atoms with Gasteiger partial charge in [0.15, 0.2) is 16.7 Å². The molecule has 10 heteroatoms. The van der Waals surface area contributed by atoms with Crippen LogP contribution in [0.2, 0.25) is 0 Å². The van der Waals surface area contributed by atoms with Crippen LogP contribution in [-0.2, 0) is 9.53 Å². The number of hydrogen-bond donors (Lipinski definition) is 1. The summed E-state index contributed by atoms with van der Waals surface area (Å²) in [5, 5.41) is 11.0. The van der Waals surface area contributed by atoms with Gasteiger partial charge in [0.2, 0.25) is 5.78 Å². The minimum Gasteiger partial charge on any atom is -0.503 e. The highest BCUT2D eigenvalue weighted by molar-refractivity contribution is 7.17. The number of aliphatic hydroxyl groups is 1. The van der Waals surface area contributed by atoms with Crippen LogP contribution in [-0.4, -0.2) is 41.5 Å². The zero-order valence-corrected chi connectivity index (χ0v) is 19.8. The van der Waals surface area contributed by atoms with Crippen molar-refractivity contribution >= 4 is 34.1 Å². The van der Waals surface area contributed by atoms with Gasteiger partial charge >= 0.3 is 5.97 Å². The predicted molar refractivity (Wildman–Crippen MR) is 123 cm³/mol. The summed E-state index contributed by atoms with van der Waals surface area (Å²) in [4.78, 5) is 44.5. The van der Waals surface area contributed by atoms with Crippen LogP contribution in [0.1, 0.15) is 50.2 Å². The van der Waals surface area contributed by atoms with Crippen molar-refractivity contribution in [3.05, 3.63) is 75.4 Å². The van der Waals surface area contributed by atoms with Gasteiger partial charge in [0.1, 0.15) is 16.4 Å². The number of aryl methyl sites for hydroxylation is 2. The fraction of sp³-hybridized carbons (Fsp3) is 0.250. The van der Waals surface area contributed by atoms with E-state index in [1.165, 1.54) is 18.1 Å². The number of Topliss-reactive ketones (excluding diaryl/α,β-unsaturated/α-hetero) is 1. The number of amides is 1. The lowest BCUT2D eigenvalue weighted by Crippen LogP contribution is -2.31. The summed E-state index contributed by atoms with van der Waals surface area (Å²) in [6.45, 7) is 5.64. The summed E-state index contributed by atoms with van der Waals surface area (Å²) in [5.74, 6) is -1.61. The standard InChI is InChI=1S/C24H22N2O7S/c1-5-32-15-9-7-14(8-10-15)18-17(19(27)16-11-6-12(2)33-16)20(28)22(29)26(18)24-25-13(3)21(34-24)23(30)31-4/h6-11,18,28H,5H2,1-4H3. The molecule has 0 saturated carbocycles. The van der Waals surface area contributed by atoms with Crippen LogP contribution in [0.3, 0.4) is 0 Å². The average Bonchev–Trinajstić information content (AvgIpc) is 3.50. The molecule has 1 aromatic carbocycles. The molecule has 1 amide bonds. The largest absolute Gasteiger partial charge is 0.503 e. The minimum atomic E-state index is -1.00. The van der Waals surface area contributed by atoms with Crippen LogP contribution in [0.15, 0.2) is 52.1 Å². The number of ketones is 1. The third kappa shape index (κ3) is 3.96. The van der Waals surface area contributed by atoms with Gasteiger partial charge in [-0.3, -0.25) is 14.5 Å². The third-order valence-electron chi connectivity index (χ3n) is 5.29. The highest BCUT2D eigenvalue weighted by atomic mass is 32.1. The summed E-state index contributed by atoms with van der Waals surface area (Å²) in [5.41, 5.74) is 0.766. The van der Waals surface area contributed by atoms with E-state index >= 15 is 0 Å². The van der Waals surface area contributed by atoms with Crippen molar-refractivity contribution in [3.8, 4) is 5.75 Å². The van der Waals surface area contributed by atoms with Crippen LogP contribution in [0.4, 0.5) is 5.13 Å². The van der Waals surface area contributed by atoms with E-state index in [2.05, 4.69) is 4.98 Å². The maximum atomic E-state index is 13.4. The number of hydrogen-bond acceptors (Lipinski definition) is 9. The number of carbonyl (C=O) groups excluding carboxylic acids is 3. The van der Waals surface area contributed by atoms with Gasteiger partial charge < -0.3 is 19.0 Å². The highest BCUT2D eigenvalue weighted by Crippen LogP contribution is 2.44. The summed E-state index contributed by atoms with van der Waals surface area (Å²) >= 11 is 0.941. The molecule has 3 heterocycles. The molecule has 176 valence electrons. The van der Waals surface area contributed by atoms with E-state index in [4.69, 9.17) is 13.9 Å². The summed E-state index contributed by atoms with van der Waals surface area (Å²) < 4.78 is 15.8. The van der Waals surface area contributed by atoms with Gasteiger partial charge in [-0.1, -0.05) is 23.5 Å². The lowest BCUT2D eigenvalue weighted by Gasteiger charge is -2.24. The number of aromatic nitrogens is 1. The first-order valence-electron chi connectivity index (χ1n) is 10.4. The van der Waals surface area contributed by atoms with Crippen molar-refractivity contribution in [3.63, 3.8) is 0 Å². The van der Waals surface area contributed by atoms with Crippen molar-refractivity contribution in [2.24, 2.45) is 0 Å². The second kappa shape index (κ2) is 9.14. The van der Waals surface area contributed by atoms with Crippen LogP contribution < -0.4 is 9.64 Å². The molecule has 2 aromatic heterocycles. The third-order valence-corrected chi connectivity index (χ3v) is 6.42. The molecule has 0 aliphatic carbocycles. The Morgan fingerprint density at radius 1 is 1.18 bits per heavy atom. The number of ether oxygens (including phenoxy) is 2. The topological polar surface area (TPSA) is 119 Å². The molecule has 0 fully saturated rings. The Kier molecular flexibility index (Phi) is 6.25. The number of methoxy groups -OCH3 is 1. The summed E-state index contributed by atoms with van der Waals surface area (Å²) in [6, 6.07) is 8.94. The monoisotopic (exact) mass is 482 g/mol. The Morgan fingerprint density at radius 3 is 2.47 bits per heavy atom. The van der Waals surface area contributed by atoms with E-state index in [1.54, 1.807) is 44.2 Å². The first-order valence-corrected chi connectivity index (χ1v) is 11.2. The average molecular weight is 483 g/mol. The van der Waals surface area contributed by atoms with Gasteiger partial charge in [0.05, 0.1) is 31.0 Å². The van der Waals surface area contributed by atoms with Crippen LogP contribution in [0, 0.1) is 13.8 Å². The van der Waals surface area contributed by atoms with E-state index in [9.17, 15) is 19.5 Å². The number of benzene rings is 1. The van der Waals surface area contributed by atoms with Crippen molar-refractivity contribution in [2.75, 3.05) is 18.6 Å². The molecule has 1 aliphatic rings. The van der Waals surface area contributed by atoms with Crippen molar-refractivity contribution in [1.29, 1.82) is 0 Å². The summed E-state index contributed by atoms with van der Waals surface area (Å²) in [7, 11) is 1.25. The number of carbonyl (C=O) groups is 3. The fourth-order valence-corrected chi connectivity index (χ4v) is 4.73. The molecule has 1 N–H and O–H groups in total. The van der Waals surface area contributed by atoms with E-state index in [0.29, 0.717) is 29.4 Å². The molecule has 9 nitrogen and oxygen atoms in total. The lowest BCUT2D eigenvalue weighted by molar-refractivity contribution is -0.117. The summed E-state index contributed by atoms with van der Waals surface area (Å²) in [6.07, 6.45) is 0. The Labute approximate surface area is 199 Å². The van der Waals surface area contributed by atoms with Gasteiger partial charge in [0.25, 0.3) is 5.91 Å².